The first-order chi connectivity index (χ1) is 9.00. The number of aromatic nitrogens is 2. The van der Waals surface area contributed by atoms with E-state index in [0.717, 1.165) is 25.8 Å². The molecule has 19 heavy (non-hydrogen) atoms. The normalized spacial score (nSPS) is 19.2. The predicted molar refractivity (Wildman–Crippen MR) is 69.2 cm³/mol. The van der Waals surface area contributed by atoms with E-state index in [1.165, 1.54) is 4.68 Å². The molecule has 0 saturated carbocycles. The van der Waals surface area contributed by atoms with E-state index in [4.69, 9.17) is 5.11 Å². The summed E-state index contributed by atoms with van der Waals surface area (Å²) < 4.78 is 1.39. The minimum absolute atomic E-state index is 0.0478. The van der Waals surface area contributed by atoms with Crippen molar-refractivity contribution in [1.82, 2.24) is 15.1 Å². The second kappa shape index (κ2) is 5.40. The lowest BCUT2D eigenvalue weighted by atomic mass is 10.0. The number of carbonyl (C=O) groups excluding carboxylic acids is 1. The second-order valence-corrected chi connectivity index (χ2v) is 4.73. The zero-order valence-electron chi connectivity index (χ0n) is 11.1. The van der Waals surface area contributed by atoms with Crippen LogP contribution in [0.5, 0.6) is 0 Å². The van der Waals surface area contributed by atoms with Crippen molar-refractivity contribution in [3.63, 3.8) is 0 Å². The molecule has 1 saturated heterocycles. The van der Waals surface area contributed by atoms with Gasteiger partial charge in [0.15, 0.2) is 0 Å². The number of nitrogens with zero attached hydrogens (tertiary/aromatic N) is 2. The number of aromatic carboxylic acids is 1. The third kappa shape index (κ3) is 2.76. The minimum atomic E-state index is -1.09. The summed E-state index contributed by atoms with van der Waals surface area (Å²) in [5.41, 5.74) is 0.438. The molecule has 1 amide bonds. The number of hydrogen-bond acceptors (Lipinski definition) is 4. The lowest BCUT2D eigenvalue weighted by Gasteiger charge is -2.22. The lowest BCUT2D eigenvalue weighted by molar-refractivity contribution is -0.118. The number of piperidine rings is 1. The average molecular weight is 266 g/mol. The number of carboxylic acid groups (broad SMARTS) is 1. The molecule has 2 rings (SSSR count). The smallest absolute Gasteiger partial charge is 0.341 e. The summed E-state index contributed by atoms with van der Waals surface area (Å²) in [7, 11) is 1.61. The molecule has 1 aliphatic rings. The molecule has 1 atom stereocenters. The molecule has 0 aliphatic carbocycles. The van der Waals surface area contributed by atoms with Crippen molar-refractivity contribution in [3.8, 4) is 0 Å². The van der Waals surface area contributed by atoms with E-state index in [0.29, 0.717) is 5.69 Å². The molecule has 1 aromatic heterocycles. The van der Waals surface area contributed by atoms with Crippen LogP contribution in [-0.2, 0) is 11.8 Å². The Kier molecular flexibility index (Phi) is 3.84. The van der Waals surface area contributed by atoms with Crippen LogP contribution in [0.2, 0.25) is 0 Å². The zero-order chi connectivity index (χ0) is 14.0. The van der Waals surface area contributed by atoms with E-state index in [-0.39, 0.29) is 23.3 Å². The standard InChI is InChI=1S/C12H18N4O3/c1-7-9(12(18)19)10(16(2)15-7)14-11(17)8-5-3-4-6-13-8/h8,13H,3-6H2,1-2H3,(H,14,17)(H,18,19). The molecule has 1 fully saturated rings. The zero-order valence-corrected chi connectivity index (χ0v) is 11.1. The Morgan fingerprint density at radius 1 is 1.47 bits per heavy atom. The number of rotatable bonds is 3. The third-order valence-electron chi connectivity index (χ3n) is 3.30. The van der Waals surface area contributed by atoms with Crippen molar-refractivity contribution in [2.24, 2.45) is 7.05 Å². The predicted octanol–water partition coefficient (Wildman–Crippen LogP) is 0.507. The van der Waals surface area contributed by atoms with E-state index < -0.39 is 5.97 Å². The van der Waals surface area contributed by atoms with Crippen molar-refractivity contribution in [3.05, 3.63) is 11.3 Å². The van der Waals surface area contributed by atoms with E-state index in [2.05, 4.69) is 15.7 Å². The number of carbonyl (C=O) groups is 2. The fourth-order valence-electron chi connectivity index (χ4n) is 2.34. The summed E-state index contributed by atoms with van der Waals surface area (Å²) in [5.74, 6) is -1.05. The highest BCUT2D eigenvalue weighted by molar-refractivity contribution is 6.01. The molecule has 1 aliphatic heterocycles. The van der Waals surface area contributed by atoms with E-state index in [1.807, 2.05) is 0 Å². The van der Waals surface area contributed by atoms with Crippen LogP contribution in [0, 0.1) is 6.92 Å². The highest BCUT2D eigenvalue weighted by atomic mass is 16.4. The molecule has 104 valence electrons. The number of carboxylic acids is 1. The first-order valence-electron chi connectivity index (χ1n) is 6.32. The van der Waals surface area contributed by atoms with Gasteiger partial charge in [-0.3, -0.25) is 9.48 Å². The minimum Gasteiger partial charge on any atom is -0.477 e. The molecule has 0 aromatic carbocycles. The van der Waals surface area contributed by atoms with Gasteiger partial charge in [-0.15, -0.1) is 0 Å². The fraction of sp³-hybridized carbons (Fsp3) is 0.583. The maximum atomic E-state index is 12.1. The highest BCUT2D eigenvalue weighted by Gasteiger charge is 2.25. The largest absolute Gasteiger partial charge is 0.477 e. The molecule has 0 spiro atoms. The number of amides is 1. The topological polar surface area (TPSA) is 96.3 Å². The van der Waals surface area contributed by atoms with Crippen LogP contribution in [0.25, 0.3) is 0 Å². The Bertz CT molecular complexity index is 503. The Labute approximate surface area is 111 Å². The molecule has 1 unspecified atom stereocenters. The van der Waals surface area contributed by atoms with Crippen LogP contribution >= 0.6 is 0 Å². The van der Waals surface area contributed by atoms with Gasteiger partial charge < -0.3 is 15.7 Å². The lowest BCUT2D eigenvalue weighted by Crippen LogP contribution is -2.43. The van der Waals surface area contributed by atoms with E-state index >= 15 is 0 Å². The van der Waals surface area contributed by atoms with Crippen molar-refractivity contribution >= 4 is 17.7 Å². The number of anilines is 1. The van der Waals surface area contributed by atoms with Gasteiger partial charge in [-0.05, 0) is 26.3 Å². The summed E-state index contributed by atoms with van der Waals surface area (Å²) in [5, 5.41) is 19.0. The quantitative estimate of drug-likeness (QED) is 0.740. The van der Waals surface area contributed by atoms with Crippen LogP contribution < -0.4 is 10.6 Å². The van der Waals surface area contributed by atoms with Crippen LogP contribution in [0.1, 0.15) is 35.3 Å². The SMILES string of the molecule is Cc1nn(C)c(NC(=O)C2CCCCN2)c1C(=O)O. The molecule has 1 aromatic rings. The Morgan fingerprint density at radius 2 is 2.21 bits per heavy atom. The van der Waals surface area contributed by atoms with Gasteiger partial charge in [-0.2, -0.15) is 5.10 Å². The third-order valence-corrected chi connectivity index (χ3v) is 3.30. The molecule has 2 heterocycles. The van der Waals surface area contributed by atoms with Crippen LogP contribution in [0.15, 0.2) is 0 Å². The van der Waals surface area contributed by atoms with Crippen molar-refractivity contribution in [2.75, 3.05) is 11.9 Å². The van der Waals surface area contributed by atoms with Gasteiger partial charge in [0.2, 0.25) is 5.91 Å². The number of hydrogen-bond donors (Lipinski definition) is 3. The second-order valence-electron chi connectivity index (χ2n) is 4.73. The molecule has 0 radical (unpaired) electrons. The maximum Gasteiger partial charge on any atom is 0.341 e. The van der Waals surface area contributed by atoms with Gasteiger partial charge in [-0.1, -0.05) is 6.42 Å². The summed E-state index contributed by atoms with van der Waals surface area (Å²) in [4.78, 5) is 23.3. The Hall–Kier alpha value is -1.89. The monoisotopic (exact) mass is 266 g/mol. The molecule has 3 N–H and O–H groups in total. The van der Waals surface area contributed by atoms with Gasteiger partial charge in [0.1, 0.15) is 11.4 Å². The Morgan fingerprint density at radius 3 is 2.79 bits per heavy atom. The molecule has 0 bridgehead atoms. The van der Waals surface area contributed by atoms with Crippen LogP contribution in [0.3, 0.4) is 0 Å². The summed E-state index contributed by atoms with van der Waals surface area (Å²) in [6, 6.07) is -0.259. The van der Waals surface area contributed by atoms with E-state index in [1.54, 1.807) is 14.0 Å². The first-order valence-corrected chi connectivity index (χ1v) is 6.32. The fourth-order valence-corrected chi connectivity index (χ4v) is 2.34. The van der Waals surface area contributed by atoms with Crippen molar-refractivity contribution in [1.29, 1.82) is 0 Å². The number of nitrogens with one attached hydrogen (secondary N) is 2. The van der Waals surface area contributed by atoms with Crippen LogP contribution in [-0.4, -0.2) is 39.4 Å². The first kappa shape index (κ1) is 13.5. The van der Waals surface area contributed by atoms with Gasteiger partial charge in [0.25, 0.3) is 0 Å². The van der Waals surface area contributed by atoms with Gasteiger partial charge in [0, 0.05) is 7.05 Å². The summed E-state index contributed by atoms with van der Waals surface area (Å²) in [6.45, 7) is 2.42. The van der Waals surface area contributed by atoms with Gasteiger partial charge in [-0.25, -0.2) is 4.79 Å². The maximum absolute atomic E-state index is 12.1. The van der Waals surface area contributed by atoms with Gasteiger partial charge >= 0.3 is 5.97 Å². The van der Waals surface area contributed by atoms with E-state index in [9.17, 15) is 9.59 Å². The Balaban J connectivity index is 2.18. The average Bonchev–Trinajstić information content (AvgIpc) is 2.65. The molecule has 7 heteroatoms. The number of aryl methyl sites for hydroxylation is 2. The molecular formula is C12H18N4O3. The van der Waals surface area contributed by atoms with Crippen molar-refractivity contribution < 1.29 is 14.7 Å². The molecule has 7 nitrogen and oxygen atoms in total. The molecular weight excluding hydrogens is 248 g/mol. The summed E-state index contributed by atoms with van der Waals surface area (Å²) >= 11 is 0. The summed E-state index contributed by atoms with van der Waals surface area (Å²) in [6.07, 6.45) is 2.83. The van der Waals surface area contributed by atoms with Crippen molar-refractivity contribution in [2.45, 2.75) is 32.2 Å². The van der Waals surface area contributed by atoms with Gasteiger partial charge in [0.05, 0.1) is 11.7 Å². The van der Waals surface area contributed by atoms with Crippen LogP contribution in [0.4, 0.5) is 5.82 Å². The highest BCUT2D eigenvalue weighted by Crippen LogP contribution is 2.19.